The Labute approximate surface area is 100 Å². The van der Waals surface area contributed by atoms with Gasteiger partial charge in [0, 0.05) is 6.07 Å². The summed E-state index contributed by atoms with van der Waals surface area (Å²) >= 11 is 5.63. The highest BCUT2D eigenvalue weighted by atomic mass is 35.5. The molecule has 16 heavy (non-hydrogen) atoms. The molecule has 1 aliphatic heterocycles. The minimum Gasteiger partial charge on any atom is -0.477 e. The van der Waals surface area contributed by atoms with E-state index in [2.05, 4.69) is 15.5 Å². The lowest BCUT2D eigenvalue weighted by Crippen LogP contribution is -2.30. The van der Waals surface area contributed by atoms with E-state index < -0.39 is 0 Å². The third kappa shape index (κ3) is 3.61. The third-order valence-corrected chi connectivity index (χ3v) is 2.98. The summed E-state index contributed by atoms with van der Waals surface area (Å²) in [6.45, 7) is 2.96. The quantitative estimate of drug-likeness (QED) is 0.875. The lowest BCUT2D eigenvalue weighted by molar-refractivity contribution is 0.245. The summed E-state index contributed by atoms with van der Waals surface area (Å²) in [7, 11) is 0. The summed E-state index contributed by atoms with van der Waals surface area (Å²) in [4.78, 5) is 0. The Morgan fingerprint density at radius 2 is 2.38 bits per heavy atom. The van der Waals surface area contributed by atoms with Gasteiger partial charge in [0.2, 0.25) is 5.88 Å². The first-order valence-electron chi connectivity index (χ1n) is 5.67. The summed E-state index contributed by atoms with van der Waals surface area (Å²) in [5.74, 6) is 1.28. The molecule has 1 aromatic rings. The number of aromatic nitrogens is 2. The second kappa shape index (κ2) is 6.01. The number of hydrogen-bond donors (Lipinski definition) is 1. The first-order valence-corrected chi connectivity index (χ1v) is 6.05. The number of hydrogen-bond acceptors (Lipinski definition) is 4. The van der Waals surface area contributed by atoms with Gasteiger partial charge in [-0.3, -0.25) is 0 Å². The first kappa shape index (κ1) is 11.6. The van der Waals surface area contributed by atoms with Crippen LogP contribution >= 0.6 is 11.6 Å². The van der Waals surface area contributed by atoms with Crippen LogP contribution in [0.4, 0.5) is 0 Å². The van der Waals surface area contributed by atoms with Crippen LogP contribution in [0.15, 0.2) is 12.1 Å². The van der Waals surface area contributed by atoms with Gasteiger partial charge in [-0.05, 0) is 44.3 Å². The molecule has 1 aliphatic rings. The first-order chi connectivity index (χ1) is 7.84. The highest BCUT2D eigenvalue weighted by Crippen LogP contribution is 2.15. The number of nitrogens with one attached hydrogen (secondary N) is 1. The van der Waals surface area contributed by atoms with Crippen LogP contribution in [0.2, 0.25) is 5.15 Å². The Hall–Kier alpha value is -0.870. The van der Waals surface area contributed by atoms with Gasteiger partial charge in [0.05, 0.1) is 6.61 Å². The van der Waals surface area contributed by atoms with Gasteiger partial charge < -0.3 is 10.1 Å². The predicted octanol–water partition coefficient (Wildman–Crippen LogP) is 1.90. The van der Waals surface area contributed by atoms with Gasteiger partial charge in [0.1, 0.15) is 0 Å². The van der Waals surface area contributed by atoms with Crippen molar-refractivity contribution >= 4 is 11.6 Å². The van der Waals surface area contributed by atoms with Gasteiger partial charge in [-0.2, -0.15) is 0 Å². The Balaban J connectivity index is 1.69. The Morgan fingerprint density at radius 1 is 1.44 bits per heavy atom. The Morgan fingerprint density at radius 3 is 3.06 bits per heavy atom. The van der Waals surface area contributed by atoms with Crippen molar-refractivity contribution in [1.82, 2.24) is 15.5 Å². The van der Waals surface area contributed by atoms with E-state index in [4.69, 9.17) is 16.3 Å². The predicted molar refractivity (Wildman–Crippen MR) is 62.7 cm³/mol. The molecule has 88 valence electrons. The molecule has 0 saturated carbocycles. The van der Waals surface area contributed by atoms with E-state index in [0.29, 0.717) is 17.6 Å². The maximum absolute atomic E-state index is 5.63. The van der Waals surface area contributed by atoms with E-state index in [0.717, 1.165) is 25.4 Å². The molecular formula is C11H16ClN3O. The number of nitrogens with zero attached hydrogens (tertiary/aromatic N) is 2. The summed E-state index contributed by atoms with van der Waals surface area (Å²) in [5.41, 5.74) is 0. The molecule has 0 bridgehead atoms. The van der Waals surface area contributed by atoms with Crippen molar-refractivity contribution in [2.75, 3.05) is 19.7 Å². The minimum atomic E-state index is 0.392. The molecule has 1 saturated heterocycles. The number of piperidine rings is 1. The van der Waals surface area contributed by atoms with Crippen molar-refractivity contribution in [3.63, 3.8) is 0 Å². The van der Waals surface area contributed by atoms with E-state index in [1.165, 1.54) is 12.8 Å². The van der Waals surface area contributed by atoms with E-state index in [1.807, 2.05) is 0 Å². The summed E-state index contributed by atoms with van der Waals surface area (Å²) in [6, 6.07) is 3.43. The molecule has 5 heteroatoms. The van der Waals surface area contributed by atoms with Crippen molar-refractivity contribution in [2.45, 2.75) is 19.3 Å². The van der Waals surface area contributed by atoms with Gasteiger partial charge in [0.25, 0.3) is 0 Å². The zero-order valence-electron chi connectivity index (χ0n) is 9.16. The van der Waals surface area contributed by atoms with Crippen LogP contribution in [0.25, 0.3) is 0 Å². The standard InChI is InChI=1S/C11H16ClN3O/c12-10-3-4-11(15-14-10)16-7-5-9-2-1-6-13-8-9/h3-4,9,13H,1-2,5-8H2/t9-/m1/s1. The van der Waals surface area contributed by atoms with Crippen molar-refractivity contribution in [3.05, 3.63) is 17.3 Å². The van der Waals surface area contributed by atoms with Crippen LogP contribution in [0.3, 0.4) is 0 Å². The van der Waals surface area contributed by atoms with Gasteiger partial charge in [0.15, 0.2) is 5.15 Å². The number of ether oxygens (including phenoxy) is 1. The number of rotatable bonds is 4. The van der Waals surface area contributed by atoms with Crippen molar-refractivity contribution in [3.8, 4) is 5.88 Å². The average molecular weight is 242 g/mol. The zero-order chi connectivity index (χ0) is 11.2. The van der Waals surface area contributed by atoms with Crippen LogP contribution < -0.4 is 10.1 Å². The molecule has 1 aromatic heterocycles. The zero-order valence-corrected chi connectivity index (χ0v) is 9.91. The minimum absolute atomic E-state index is 0.392. The van der Waals surface area contributed by atoms with E-state index in [1.54, 1.807) is 12.1 Å². The average Bonchev–Trinajstić information content (AvgIpc) is 2.33. The van der Waals surface area contributed by atoms with Crippen LogP contribution in [0.5, 0.6) is 5.88 Å². The van der Waals surface area contributed by atoms with Gasteiger partial charge in [-0.1, -0.05) is 11.6 Å². The SMILES string of the molecule is Clc1ccc(OCC[C@H]2CCCNC2)nn1. The van der Waals surface area contributed by atoms with E-state index in [9.17, 15) is 0 Å². The molecule has 2 heterocycles. The molecule has 1 atom stereocenters. The van der Waals surface area contributed by atoms with E-state index >= 15 is 0 Å². The Kier molecular flexibility index (Phi) is 4.36. The van der Waals surface area contributed by atoms with E-state index in [-0.39, 0.29) is 0 Å². The van der Waals surface area contributed by atoms with Crippen LogP contribution in [0, 0.1) is 5.92 Å². The molecular weight excluding hydrogens is 226 g/mol. The maximum atomic E-state index is 5.63. The third-order valence-electron chi connectivity index (χ3n) is 2.78. The van der Waals surface area contributed by atoms with Crippen LogP contribution in [0.1, 0.15) is 19.3 Å². The highest BCUT2D eigenvalue weighted by Gasteiger charge is 2.12. The molecule has 4 nitrogen and oxygen atoms in total. The van der Waals surface area contributed by atoms with Crippen LogP contribution in [-0.4, -0.2) is 29.9 Å². The lowest BCUT2D eigenvalue weighted by atomic mass is 9.97. The summed E-state index contributed by atoms with van der Waals surface area (Å²) < 4.78 is 5.50. The van der Waals surface area contributed by atoms with Gasteiger partial charge >= 0.3 is 0 Å². The molecule has 0 aliphatic carbocycles. The fraction of sp³-hybridized carbons (Fsp3) is 0.636. The maximum Gasteiger partial charge on any atom is 0.233 e. The molecule has 0 spiro atoms. The largest absolute Gasteiger partial charge is 0.477 e. The molecule has 0 unspecified atom stereocenters. The molecule has 0 radical (unpaired) electrons. The fourth-order valence-electron chi connectivity index (χ4n) is 1.88. The van der Waals surface area contributed by atoms with Gasteiger partial charge in [-0.25, -0.2) is 0 Å². The molecule has 1 fully saturated rings. The second-order valence-corrected chi connectivity index (χ2v) is 4.43. The van der Waals surface area contributed by atoms with Crippen LogP contribution in [-0.2, 0) is 0 Å². The second-order valence-electron chi connectivity index (χ2n) is 4.04. The topological polar surface area (TPSA) is 47.0 Å². The smallest absolute Gasteiger partial charge is 0.233 e. The molecule has 0 amide bonds. The number of halogens is 1. The van der Waals surface area contributed by atoms with Crippen molar-refractivity contribution < 1.29 is 4.74 Å². The molecule has 2 rings (SSSR count). The summed E-state index contributed by atoms with van der Waals surface area (Å²) in [6.07, 6.45) is 3.63. The Bertz CT molecular complexity index is 312. The normalized spacial score (nSPS) is 20.7. The fourth-order valence-corrected chi connectivity index (χ4v) is 1.98. The van der Waals surface area contributed by atoms with Gasteiger partial charge in [-0.15, -0.1) is 10.2 Å². The summed E-state index contributed by atoms with van der Waals surface area (Å²) in [5, 5.41) is 11.3. The monoisotopic (exact) mass is 241 g/mol. The molecule has 1 N–H and O–H groups in total. The highest BCUT2D eigenvalue weighted by molar-refractivity contribution is 6.29. The molecule has 0 aromatic carbocycles. The lowest BCUT2D eigenvalue weighted by Gasteiger charge is -2.22. The van der Waals surface area contributed by atoms with Crippen molar-refractivity contribution in [1.29, 1.82) is 0 Å². The van der Waals surface area contributed by atoms with Crippen molar-refractivity contribution in [2.24, 2.45) is 5.92 Å².